The van der Waals surface area contributed by atoms with E-state index >= 15 is 0 Å². The minimum Gasteiger partial charge on any atom is -0.490 e. The van der Waals surface area contributed by atoms with Gasteiger partial charge in [0.25, 0.3) is 5.69 Å². The number of aliphatic hydroxyl groups is 1. The second-order valence-electron chi connectivity index (χ2n) is 4.62. The van der Waals surface area contributed by atoms with Gasteiger partial charge in [-0.3, -0.25) is 30.3 Å². The van der Waals surface area contributed by atoms with Gasteiger partial charge in [0.1, 0.15) is 0 Å². The van der Waals surface area contributed by atoms with Crippen LogP contribution in [0.5, 0.6) is 5.75 Å². The van der Waals surface area contributed by atoms with Gasteiger partial charge in [0, 0.05) is 4.92 Å². The highest BCUT2D eigenvalue weighted by molar-refractivity contribution is 5.97. The summed E-state index contributed by atoms with van der Waals surface area (Å²) in [6, 6.07) is 3.11. The lowest BCUT2D eigenvalue weighted by molar-refractivity contribution is -0.491. The lowest BCUT2D eigenvalue weighted by Gasteiger charge is -2.09. The number of rotatable bonds is 6. The molecule has 1 N–H and O–H groups in total. The number of aliphatic hydroxyl groups excluding tert-OH is 1. The van der Waals surface area contributed by atoms with Crippen LogP contribution in [0.15, 0.2) is 18.2 Å². The van der Waals surface area contributed by atoms with Crippen molar-refractivity contribution in [1.29, 1.82) is 0 Å². The average Bonchev–Trinajstić information content (AvgIpc) is 2.51. The Morgan fingerprint density at radius 1 is 1.21 bits per heavy atom. The fourth-order valence-electron chi connectivity index (χ4n) is 2.16. The van der Waals surface area contributed by atoms with Crippen LogP contribution in [0.1, 0.15) is 11.8 Å². The highest BCUT2D eigenvalue weighted by Gasteiger charge is 2.29. The van der Waals surface area contributed by atoms with Gasteiger partial charge in [-0.25, -0.2) is 4.98 Å². The average molecular weight is 338 g/mol. The number of pyridine rings is 1. The van der Waals surface area contributed by atoms with Gasteiger partial charge in [0.05, 0.1) is 34.1 Å². The summed E-state index contributed by atoms with van der Waals surface area (Å²) in [6.45, 7) is -0.857. The molecular weight excluding hydrogens is 328 g/mol. The predicted molar refractivity (Wildman–Crippen MR) is 78.4 cm³/mol. The number of ether oxygens (including phenoxy) is 1. The number of hydrogen-bond donors (Lipinski definition) is 1. The van der Waals surface area contributed by atoms with Gasteiger partial charge in [-0.1, -0.05) is 0 Å². The highest BCUT2D eigenvalue weighted by atomic mass is 16.6. The van der Waals surface area contributed by atoms with Gasteiger partial charge in [0.15, 0.2) is 11.6 Å². The molecule has 0 unspecified atom stereocenters. The molecule has 1 atom stereocenters. The molecule has 24 heavy (non-hydrogen) atoms. The molecular formula is C12H10N4O8. The first kappa shape index (κ1) is 17.0. The molecule has 0 fully saturated rings. The topological polar surface area (TPSA) is 172 Å². The Kier molecular flexibility index (Phi) is 4.50. The van der Waals surface area contributed by atoms with E-state index < -0.39 is 38.8 Å². The van der Waals surface area contributed by atoms with E-state index in [1.54, 1.807) is 0 Å². The Bertz CT molecular complexity index is 853. The first-order chi connectivity index (χ1) is 11.3. The van der Waals surface area contributed by atoms with Gasteiger partial charge >= 0.3 is 5.69 Å². The summed E-state index contributed by atoms with van der Waals surface area (Å²) in [5, 5.41) is 42.4. The molecule has 0 amide bonds. The highest BCUT2D eigenvalue weighted by Crippen LogP contribution is 2.40. The molecule has 0 saturated carbocycles. The van der Waals surface area contributed by atoms with Gasteiger partial charge in [-0.2, -0.15) is 0 Å². The number of non-ortho nitro benzene ring substituents is 1. The smallest absolute Gasteiger partial charge is 0.320 e. The first-order valence-corrected chi connectivity index (χ1v) is 6.36. The maximum absolute atomic E-state index is 11.2. The van der Waals surface area contributed by atoms with Crippen LogP contribution in [0.3, 0.4) is 0 Å². The summed E-state index contributed by atoms with van der Waals surface area (Å²) in [4.78, 5) is 34.3. The van der Waals surface area contributed by atoms with Crippen LogP contribution in [-0.2, 0) is 0 Å². The molecule has 0 radical (unpaired) electrons. The van der Waals surface area contributed by atoms with E-state index in [4.69, 9.17) is 4.74 Å². The third-order valence-corrected chi connectivity index (χ3v) is 3.18. The van der Waals surface area contributed by atoms with Gasteiger partial charge in [0.2, 0.25) is 12.3 Å². The van der Waals surface area contributed by atoms with Crippen molar-refractivity contribution >= 4 is 22.3 Å². The second-order valence-corrected chi connectivity index (χ2v) is 4.62. The van der Waals surface area contributed by atoms with E-state index in [1.165, 1.54) is 0 Å². The van der Waals surface area contributed by atoms with Crippen molar-refractivity contribution in [1.82, 2.24) is 4.98 Å². The number of nitro benzene ring substituents is 2. The Morgan fingerprint density at radius 2 is 1.88 bits per heavy atom. The molecule has 2 aromatic rings. The van der Waals surface area contributed by atoms with Crippen molar-refractivity contribution in [2.45, 2.75) is 6.10 Å². The minimum atomic E-state index is -1.61. The molecule has 0 spiro atoms. The quantitative estimate of drug-likeness (QED) is 0.602. The van der Waals surface area contributed by atoms with Crippen molar-refractivity contribution in [3.05, 3.63) is 54.2 Å². The first-order valence-electron chi connectivity index (χ1n) is 6.36. The normalized spacial score (nSPS) is 11.9. The van der Waals surface area contributed by atoms with E-state index in [2.05, 4.69) is 4.98 Å². The molecule has 0 saturated heterocycles. The molecule has 1 heterocycles. The fraction of sp³-hybridized carbons (Fsp3) is 0.250. The van der Waals surface area contributed by atoms with E-state index in [0.717, 1.165) is 25.3 Å². The van der Waals surface area contributed by atoms with Crippen molar-refractivity contribution in [3.63, 3.8) is 0 Å². The summed E-state index contributed by atoms with van der Waals surface area (Å²) < 4.78 is 4.82. The van der Waals surface area contributed by atoms with Crippen LogP contribution < -0.4 is 4.74 Å². The molecule has 0 aliphatic carbocycles. The largest absolute Gasteiger partial charge is 0.490 e. The van der Waals surface area contributed by atoms with E-state index in [-0.39, 0.29) is 22.3 Å². The summed E-state index contributed by atoms with van der Waals surface area (Å²) in [5.74, 6) is -0.320. The zero-order chi connectivity index (χ0) is 18.0. The zero-order valence-electron chi connectivity index (χ0n) is 12.1. The SMILES string of the molecule is COc1cc([N+](=O)[O-])c2nc([C@H](O)C[N+](=O)[O-])ccc2c1[N+](=O)[O-]. The Morgan fingerprint density at radius 3 is 2.38 bits per heavy atom. The van der Waals surface area contributed by atoms with E-state index in [1.807, 2.05) is 0 Å². The lowest BCUT2D eigenvalue weighted by Crippen LogP contribution is -2.13. The molecule has 0 aliphatic rings. The van der Waals surface area contributed by atoms with Gasteiger partial charge < -0.3 is 9.84 Å². The van der Waals surface area contributed by atoms with Crippen molar-refractivity contribution in [3.8, 4) is 5.75 Å². The minimum absolute atomic E-state index is 0.178. The maximum atomic E-state index is 11.2. The van der Waals surface area contributed by atoms with Crippen LogP contribution >= 0.6 is 0 Å². The molecule has 12 nitrogen and oxygen atoms in total. The number of methoxy groups -OCH3 is 1. The molecule has 126 valence electrons. The van der Waals surface area contributed by atoms with Crippen molar-refractivity contribution in [2.24, 2.45) is 0 Å². The molecule has 1 aromatic heterocycles. The van der Waals surface area contributed by atoms with Crippen LogP contribution in [0, 0.1) is 30.3 Å². The number of nitrogens with zero attached hydrogens (tertiary/aromatic N) is 4. The van der Waals surface area contributed by atoms with Crippen LogP contribution in [0.25, 0.3) is 10.9 Å². The van der Waals surface area contributed by atoms with E-state index in [0.29, 0.717) is 0 Å². The zero-order valence-corrected chi connectivity index (χ0v) is 12.1. The van der Waals surface area contributed by atoms with E-state index in [9.17, 15) is 35.4 Å². The number of fused-ring (bicyclic) bond motifs is 1. The molecule has 0 aliphatic heterocycles. The molecule has 12 heteroatoms. The molecule has 0 bridgehead atoms. The molecule has 1 aromatic carbocycles. The lowest BCUT2D eigenvalue weighted by atomic mass is 10.1. The number of hydrogen-bond acceptors (Lipinski definition) is 9. The number of aromatic nitrogens is 1. The predicted octanol–water partition coefficient (Wildman–Crippen LogP) is 1.37. The van der Waals surface area contributed by atoms with Crippen molar-refractivity contribution < 1.29 is 24.6 Å². The third-order valence-electron chi connectivity index (χ3n) is 3.18. The summed E-state index contributed by atoms with van der Waals surface area (Å²) in [6.07, 6.45) is -1.61. The number of nitro groups is 3. The standard InChI is InChI=1S/C12H10N4O8/c1-24-10-4-8(15(20)21)11-6(12(10)16(22)23)2-3-7(13-11)9(17)5-14(18)19/h2-4,9,17H,5H2,1H3/t9-/m1/s1. The Balaban J connectivity index is 2.78. The maximum Gasteiger partial charge on any atom is 0.320 e. The van der Waals surface area contributed by atoms with Gasteiger partial charge in [-0.05, 0) is 12.1 Å². The fourth-order valence-corrected chi connectivity index (χ4v) is 2.16. The third kappa shape index (κ3) is 3.03. The summed E-state index contributed by atoms with van der Waals surface area (Å²) in [7, 11) is 1.13. The number of benzene rings is 1. The second kappa shape index (κ2) is 6.37. The summed E-state index contributed by atoms with van der Waals surface area (Å²) >= 11 is 0. The van der Waals surface area contributed by atoms with Crippen molar-refractivity contribution in [2.75, 3.05) is 13.7 Å². The summed E-state index contributed by atoms with van der Waals surface area (Å²) in [5.41, 5.74) is -1.68. The molecule has 2 rings (SSSR count). The van der Waals surface area contributed by atoms with Crippen LogP contribution in [0.2, 0.25) is 0 Å². The van der Waals surface area contributed by atoms with Crippen LogP contribution in [0.4, 0.5) is 11.4 Å². The van der Waals surface area contributed by atoms with Gasteiger partial charge in [-0.15, -0.1) is 0 Å². The monoisotopic (exact) mass is 338 g/mol. The Labute approximate surface area is 132 Å². The Hall–Kier alpha value is -3.41. The van der Waals surface area contributed by atoms with Crippen LogP contribution in [-0.4, -0.2) is 38.5 Å².